The summed E-state index contributed by atoms with van der Waals surface area (Å²) in [4.78, 5) is 23.4. The molecule has 2 aromatic heterocycles. The van der Waals surface area contributed by atoms with Crippen molar-refractivity contribution in [2.45, 2.75) is 33.4 Å². The fourth-order valence-corrected chi connectivity index (χ4v) is 2.80. The number of carboxylic acids is 1. The van der Waals surface area contributed by atoms with Gasteiger partial charge in [0, 0.05) is 24.0 Å². The van der Waals surface area contributed by atoms with E-state index in [2.05, 4.69) is 15.5 Å². The SMILES string of the molecule is Cc1nn(-c2ccccc2)c(C)c1CNC(=O)c1ccn(C(C)C(=O)O)n1. The molecule has 0 spiro atoms. The molecule has 0 aliphatic rings. The molecule has 0 aliphatic carbocycles. The van der Waals surface area contributed by atoms with Crippen LogP contribution in [0.3, 0.4) is 0 Å². The summed E-state index contributed by atoms with van der Waals surface area (Å²) >= 11 is 0. The molecule has 1 atom stereocenters. The monoisotopic (exact) mass is 367 g/mol. The van der Waals surface area contributed by atoms with Crippen molar-refractivity contribution in [3.63, 3.8) is 0 Å². The zero-order chi connectivity index (χ0) is 19.6. The summed E-state index contributed by atoms with van der Waals surface area (Å²) in [5.74, 6) is -1.37. The van der Waals surface area contributed by atoms with E-state index in [0.29, 0.717) is 6.54 Å². The van der Waals surface area contributed by atoms with Gasteiger partial charge in [-0.25, -0.2) is 9.48 Å². The summed E-state index contributed by atoms with van der Waals surface area (Å²) in [6.07, 6.45) is 1.48. The van der Waals surface area contributed by atoms with Gasteiger partial charge in [0.2, 0.25) is 0 Å². The van der Waals surface area contributed by atoms with Crippen LogP contribution in [-0.4, -0.2) is 36.5 Å². The molecular weight excluding hydrogens is 346 g/mol. The van der Waals surface area contributed by atoms with Crippen LogP contribution in [0.1, 0.15) is 40.4 Å². The standard InChI is InChI=1S/C19H21N5O3/c1-12-16(13(2)24(21-12)15-7-5-4-6-8-15)11-20-18(25)17-9-10-23(22-17)14(3)19(26)27/h4-10,14H,11H2,1-3H3,(H,20,25)(H,26,27). The lowest BCUT2D eigenvalue weighted by molar-refractivity contribution is -0.140. The number of hydrogen-bond donors (Lipinski definition) is 2. The molecule has 0 aliphatic heterocycles. The first kappa shape index (κ1) is 18.4. The minimum Gasteiger partial charge on any atom is -0.480 e. The van der Waals surface area contributed by atoms with Crippen LogP contribution in [0.4, 0.5) is 0 Å². The number of aryl methyl sites for hydroxylation is 1. The van der Waals surface area contributed by atoms with Gasteiger partial charge in [0.05, 0.1) is 11.4 Å². The number of para-hydroxylation sites is 1. The Kier molecular flexibility index (Phi) is 5.07. The highest BCUT2D eigenvalue weighted by atomic mass is 16.4. The van der Waals surface area contributed by atoms with Gasteiger partial charge in [0.1, 0.15) is 11.7 Å². The summed E-state index contributed by atoms with van der Waals surface area (Å²) in [5.41, 5.74) is 3.85. The quantitative estimate of drug-likeness (QED) is 0.696. The number of carbonyl (C=O) groups is 2. The molecule has 2 N–H and O–H groups in total. The number of aromatic nitrogens is 4. The summed E-state index contributed by atoms with van der Waals surface area (Å²) in [6, 6.07) is 10.4. The fourth-order valence-electron chi connectivity index (χ4n) is 2.80. The Hall–Kier alpha value is -3.42. The van der Waals surface area contributed by atoms with Gasteiger partial charge in [-0.15, -0.1) is 0 Å². The highest BCUT2D eigenvalue weighted by molar-refractivity contribution is 5.92. The van der Waals surface area contributed by atoms with Gasteiger partial charge >= 0.3 is 5.97 Å². The average Bonchev–Trinajstić information content (AvgIpc) is 3.25. The van der Waals surface area contributed by atoms with Crippen LogP contribution < -0.4 is 5.32 Å². The summed E-state index contributed by atoms with van der Waals surface area (Å²) in [7, 11) is 0. The lowest BCUT2D eigenvalue weighted by atomic mass is 10.2. The van der Waals surface area contributed by atoms with E-state index in [-0.39, 0.29) is 11.6 Å². The maximum Gasteiger partial charge on any atom is 0.328 e. The van der Waals surface area contributed by atoms with E-state index < -0.39 is 12.0 Å². The Morgan fingerprint density at radius 1 is 1.15 bits per heavy atom. The Morgan fingerprint density at radius 3 is 2.52 bits per heavy atom. The van der Waals surface area contributed by atoms with E-state index in [1.807, 2.05) is 48.9 Å². The molecule has 1 amide bonds. The third-order valence-corrected chi connectivity index (χ3v) is 4.46. The number of carboxylic acid groups (broad SMARTS) is 1. The van der Waals surface area contributed by atoms with Crippen molar-refractivity contribution in [3.05, 3.63) is 65.2 Å². The van der Waals surface area contributed by atoms with Crippen LogP contribution in [-0.2, 0) is 11.3 Å². The van der Waals surface area contributed by atoms with Crippen LogP contribution in [0.25, 0.3) is 5.69 Å². The number of nitrogens with one attached hydrogen (secondary N) is 1. The largest absolute Gasteiger partial charge is 0.480 e. The minimum atomic E-state index is -1.01. The Bertz CT molecular complexity index is 975. The molecule has 3 aromatic rings. The third-order valence-electron chi connectivity index (χ3n) is 4.46. The molecule has 8 nitrogen and oxygen atoms in total. The van der Waals surface area contributed by atoms with Crippen LogP contribution in [0, 0.1) is 13.8 Å². The lowest BCUT2D eigenvalue weighted by Crippen LogP contribution is -2.24. The normalized spacial score (nSPS) is 12.0. The maximum atomic E-state index is 12.4. The first-order chi connectivity index (χ1) is 12.9. The van der Waals surface area contributed by atoms with E-state index >= 15 is 0 Å². The maximum absolute atomic E-state index is 12.4. The summed E-state index contributed by atoms with van der Waals surface area (Å²) in [6.45, 7) is 5.67. The number of benzene rings is 1. The van der Waals surface area contributed by atoms with Crippen molar-refractivity contribution in [1.82, 2.24) is 24.9 Å². The minimum absolute atomic E-state index is 0.175. The highest BCUT2D eigenvalue weighted by Crippen LogP contribution is 2.17. The number of carbonyl (C=O) groups excluding carboxylic acids is 1. The van der Waals surface area contributed by atoms with E-state index in [9.17, 15) is 9.59 Å². The van der Waals surface area contributed by atoms with Gasteiger partial charge in [-0.2, -0.15) is 10.2 Å². The predicted octanol–water partition coefficient (Wildman–Crippen LogP) is 2.26. The van der Waals surface area contributed by atoms with E-state index in [0.717, 1.165) is 22.6 Å². The molecule has 2 heterocycles. The molecule has 1 aromatic carbocycles. The Balaban J connectivity index is 1.73. The third kappa shape index (κ3) is 3.74. The van der Waals surface area contributed by atoms with Crippen molar-refractivity contribution < 1.29 is 14.7 Å². The topological polar surface area (TPSA) is 102 Å². The van der Waals surface area contributed by atoms with Crippen molar-refractivity contribution in [3.8, 4) is 5.69 Å². The van der Waals surface area contributed by atoms with Crippen molar-refractivity contribution >= 4 is 11.9 Å². The number of nitrogens with zero attached hydrogens (tertiary/aromatic N) is 4. The zero-order valence-corrected chi connectivity index (χ0v) is 15.4. The second-order valence-electron chi connectivity index (χ2n) is 6.27. The molecule has 0 fully saturated rings. The first-order valence-electron chi connectivity index (χ1n) is 8.55. The van der Waals surface area contributed by atoms with Crippen LogP contribution in [0.2, 0.25) is 0 Å². The molecule has 0 bridgehead atoms. The molecule has 0 saturated heterocycles. The first-order valence-corrected chi connectivity index (χ1v) is 8.55. The van der Waals surface area contributed by atoms with Crippen LogP contribution in [0.15, 0.2) is 42.6 Å². The van der Waals surface area contributed by atoms with Crippen molar-refractivity contribution in [2.24, 2.45) is 0 Å². The van der Waals surface area contributed by atoms with E-state index in [1.165, 1.54) is 23.9 Å². The van der Waals surface area contributed by atoms with Crippen molar-refractivity contribution in [1.29, 1.82) is 0 Å². The average molecular weight is 367 g/mol. The Labute approximate surface area is 156 Å². The summed E-state index contributed by atoms with van der Waals surface area (Å²) < 4.78 is 3.10. The molecule has 140 valence electrons. The molecule has 27 heavy (non-hydrogen) atoms. The fraction of sp³-hybridized carbons (Fsp3) is 0.263. The number of rotatable bonds is 6. The number of hydrogen-bond acceptors (Lipinski definition) is 4. The van der Waals surface area contributed by atoms with Crippen LogP contribution >= 0.6 is 0 Å². The molecule has 3 rings (SSSR count). The molecule has 1 unspecified atom stereocenters. The molecule has 8 heteroatoms. The lowest BCUT2D eigenvalue weighted by Gasteiger charge is -2.07. The van der Waals surface area contributed by atoms with E-state index in [4.69, 9.17) is 5.11 Å². The van der Waals surface area contributed by atoms with Gasteiger partial charge in [-0.05, 0) is 39.0 Å². The number of amides is 1. The molecule has 0 saturated carbocycles. The summed E-state index contributed by atoms with van der Waals surface area (Å²) in [5, 5.41) is 20.5. The Morgan fingerprint density at radius 2 is 1.85 bits per heavy atom. The smallest absolute Gasteiger partial charge is 0.328 e. The highest BCUT2D eigenvalue weighted by Gasteiger charge is 2.18. The van der Waals surface area contributed by atoms with Crippen molar-refractivity contribution in [2.75, 3.05) is 0 Å². The van der Waals surface area contributed by atoms with E-state index in [1.54, 1.807) is 0 Å². The van der Waals surface area contributed by atoms with Gasteiger partial charge in [-0.3, -0.25) is 9.48 Å². The zero-order valence-electron chi connectivity index (χ0n) is 15.4. The number of aliphatic carboxylic acids is 1. The van der Waals surface area contributed by atoms with Gasteiger partial charge in [-0.1, -0.05) is 18.2 Å². The molecular formula is C19H21N5O3. The van der Waals surface area contributed by atoms with Gasteiger partial charge in [0.25, 0.3) is 5.91 Å². The second kappa shape index (κ2) is 7.45. The second-order valence-corrected chi connectivity index (χ2v) is 6.27. The predicted molar refractivity (Wildman–Crippen MR) is 98.8 cm³/mol. The van der Waals surface area contributed by atoms with Gasteiger partial charge in [0.15, 0.2) is 0 Å². The molecule has 0 radical (unpaired) electrons. The van der Waals surface area contributed by atoms with Crippen LogP contribution in [0.5, 0.6) is 0 Å². The van der Waals surface area contributed by atoms with Gasteiger partial charge < -0.3 is 10.4 Å².